The topological polar surface area (TPSA) is 309 Å². The number of carbonyl (C=O) groups excluding carboxylic acids is 2. The average Bonchev–Trinajstić information content (AvgIpc) is 3.31. The Kier molecular flexibility index (Phi) is 15.5. The van der Waals surface area contributed by atoms with Crippen molar-refractivity contribution in [3.05, 3.63) is 34.9 Å². The van der Waals surface area contributed by atoms with Crippen molar-refractivity contribution in [2.24, 2.45) is 50.2 Å². The van der Waals surface area contributed by atoms with Gasteiger partial charge in [-0.2, -0.15) is 0 Å². The molecule has 0 aromatic heterocycles. The second kappa shape index (κ2) is 19.7. The molecule has 71 heavy (non-hydrogen) atoms. The highest BCUT2D eigenvalue weighted by atomic mass is 16.8. The summed E-state index contributed by atoms with van der Waals surface area (Å²) in [7, 11) is 0. The van der Waals surface area contributed by atoms with Gasteiger partial charge in [0.25, 0.3) is 0 Å². The molecule has 2 saturated heterocycles. The molecule has 2 heterocycles. The van der Waals surface area contributed by atoms with Gasteiger partial charge >= 0.3 is 17.9 Å². The van der Waals surface area contributed by atoms with Crippen molar-refractivity contribution in [3.63, 3.8) is 0 Å². The lowest BCUT2D eigenvalue weighted by molar-refractivity contribution is -0.374. The number of fused-ring (bicyclic) bond motifs is 7. The van der Waals surface area contributed by atoms with E-state index in [0.717, 1.165) is 5.57 Å². The Morgan fingerprint density at radius 1 is 0.718 bits per heavy atom. The number of rotatable bonds is 11. The van der Waals surface area contributed by atoms with Crippen LogP contribution in [0.2, 0.25) is 0 Å². The largest absolute Gasteiger partial charge is 0.479 e. The number of carboxylic acid groups (broad SMARTS) is 1. The number of carbonyl (C=O) groups is 3. The monoisotopic (exact) mass is 1010 g/mol. The maximum Gasteiger partial charge on any atom is 0.335 e. The molecular weight excluding hydrogens is 929 g/mol. The molecule has 0 aromatic carbocycles. The van der Waals surface area contributed by atoms with Gasteiger partial charge in [0, 0.05) is 22.0 Å². The Morgan fingerprint density at radius 3 is 1.89 bits per heavy atom. The summed E-state index contributed by atoms with van der Waals surface area (Å²) in [5.74, 6) is -3.72. The van der Waals surface area contributed by atoms with E-state index in [-0.39, 0.29) is 17.4 Å². The fourth-order valence-electron chi connectivity index (χ4n) is 15.0. The SMILES string of the molecule is C/C=C(/C)C(=O)OC1C(OC(=O)/C(C)=C\C)C2(CO)C(CC1(C)C)C1=CCC3C4(C)CC[C@@H](O[C@H]5O[C@@H](C(=O)O)[C@H](O)[C@@H](O)[C@@H]5O[C@H]5O[C@@H](CO)[C@@H](O)[C@@H](O)[C@@H]5O)C(C)(C)C4CCC3(C)C1(C)C(O)C2O. The zero-order valence-electron chi connectivity index (χ0n) is 42.9. The zero-order chi connectivity index (χ0) is 52.9. The minimum atomic E-state index is -2.02. The third-order valence-corrected chi connectivity index (χ3v) is 19.6. The number of allylic oxidation sites excluding steroid dienone is 3. The van der Waals surface area contributed by atoms with Crippen LogP contribution in [0.4, 0.5) is 0 Å². The fraction of sp³-hybridized carbons (Fsp3) is 0.827. The van der Waals surface area contributed by atoms with Crippen LogP contribution in [0.1, 0.15) is 115 Å². The molecule has 7 aliphatic rings. The quantitative estimate of drug-likeness (QED) is 0.0611. The molecule has 19 heteroatoms. The number of aliphatic hydroxyl groups is 9. The van der Waals surface area contributed by atoms with Crippen LogP contribution in [0, 0.1) is 50.2 Å². The Hall–Kier alpha value is -2.89. The fourth-order valence-corrected chi connectivity index (χ4v) is 15.0. The van der Waals surface area contributed by atoms with Gasteiger partial charge in [0.15, 0.2) is 24.8 Å². The van der Waals surface area contributed by atoms with Crippen LogP contribution in [0.25, 0.3) is 0 Å². The first kappa shape index (κ1) is 55.9. The van der Waals surface area contributed by atoms with E-state index in [1.54, 1.807) is 39.8 Å². The molecule has 6 fully saturated rings. The van der Waals surface area contributed by atoms with E-state index in [9.17, 15) is 65.4 Å². The number of ether oxygens (including phenoxy) is 6. The lowest BCUT2D eigenvalue weighted by Crippen LogP contribution is -2.76. The molecule has 19 nitrogen and oxygen atoms in total. The van der Waals surface area contributed by atoms with E-state index in [1.807, 2.05) is 34.6 Å². The van der Waals surface area contributed by atoms with Gasteiger partial charge in [-0.3, -0.25) is 0 Å². The molecule has 5 aliphatic carbocycles. The van der Waals surface area contributed by atoms with Crippen molar-refractivity contribution in [1.82, 2.24) is 0 Å². The molecule has 0 amide bonds. The molecular formula is C52H80O19. The highest BCUT2D eigenvalue weighted by Gasteiger charge is 2.76. The Labute approximate surface area is 415 Å². The number of aliphatic hydroxyl groups excluding tert-OH is 9. The molecule has 4 saturated carbocycles. The average molecular weight is 1010 g/mol. The second-order valence-corrected chi connectivity index (χ2v) is 23.7. The highest BCUT2D eigenvalue weighted by Crippen LogP contribution is 2.76. The van der Waals surface area contributed by atoms with Crippen LogP contribution in [-0.4, -0.2) is 174 Å². The number of hydrogen-bond donors (Lipinski definition) is 10. The molecule has 11 unspecified atom stereocenters. The lowest BCUT2D eigenvalue weighted by Gasteiger charge is -2.73. The van der Waals surface area contributed by atoms with Crippen molar-refractivity contribution in [2.45, 2.75) is 207 Å². The van der Waals surface area contributed by atoms with Crippen LogP contribution < -0.4 is 0 Å². The predicted molar refractivity (Wildman–Crippen MR) is 250 cm³/mol. The molecule has 10 N–H and O–H groups in total. The van der Waals surface area contributed by atoms with Crippen LogP contribution in [0.15, 0.2) is 34.9 Å². The summed E-state index contributed by atoms with van der Waals surface area (Å²) in [6, 6.07) is 0. The first-order valence-corrected chi connectivity index (χ1v) is 25.2. The van der Waals surface area contributed by atoms with Gasteiger partial charge in [-0.15, -0.1) is 0 Å². The van der Waals surface area contributed by atoms with Crippen molar-refractivity contribution >= 4 is 17.9 Å². The van der Waals surface area contributed by atoms with Crippen LogP contribution in [-0.2, 0) is 42.8 Å². The van der Waals surface area contributed by atoms with Crippen molar-refractivity contribution in [1.29, 1.82) is 0 Å². The Balaban J connectivity index is 1.22. The maximum atomic E-state index is 13.8. The first-order valence-electron chi connectivity index (χ1n) is 25.2. The molecule has 2 aliphatic heterocycles. The van der Waals surface area contributed by atoms with Gasteiger partial charge in [0.1, 0.15) is 48.8 Å². The number of carboxylic acids is 1. The molecule has 0 bridgehead atoms. The molecule has 7 rings (SSSR count). The first-order chi connectivity index (χ1) is 33.0. The van der Waals surface area contributed by atoms with Gasteiger partial charge in [0.2, 0.25) is 0 Å². The van der Waals surface area contributed by atoms with E-state index in [0.29, 0.717) is 44.1 Å². The number of esters is 2. The summed E-state index contributed by atoms with van der Waals surface area (Å²) in [6.45, 7) is 19.5. The van der Waals surface area contributed by atoms with Crippen molar-refractivity contribution in [3.8, 4) is 0 Å². The van der Waals surface area contributed by atoms with E-state index in [2.05, 4.69) is 19.9 Å². The molecule has 0 radical (unpaired) electrons. The van der Waals surface area contributed by atoms with Crippen molar-refractivity contribution < 1.29 is 93.9 Å². The molecule has 22 atom stereocenters. The van der Waals surface area contributed by atoms with Gasteiger partial charge in [0.05, 0.1) is 36.9 Å². The molecule has 402 valence electrons. The standard InChI is InChI=1S/C52H80O19/c1-12-23(3)43(64)70-40-41(71-44(65)24(4)13-2)52(22-54)26(20-47(40,5)6)25-14-15-29-49(9)18-17-30(48(7,8)28(49)16-19-50(29,10)51(25,11)38(60)39(52)61)67-46-37(34(58)33(57)36(68-46)42(62)63)69-45-35(59)32(56)31(55)27(21-53)66-45/h12-14,26-41,45-46,53-61H,15-22H2,1-11H3,(H,62,63)/b23-12-,24-13-/t26?,27-,28?,29?,30+,31+,32+,33+,34+,35-,36+,37-,38?,39?,40?,41?,45+,46-,49?,50?,51?,52?/m0/s1. The van der Waals surface area contributed by atoms with Gasteiger partial charge in [-0.05, 0) is 100 Å². The van der Waals surface area contributed by atoms with Gasteiger partial charge in [-0.1, -0.05) is 72.3 Å². The third-order valence-electron chi connectivity index (χ3n) is 19.6. The smallest absolute Gasteiger partial charge is 0.335 e. The third kappa shape index (κ3) is 8.49. The normalized spacial score (nSPS) is 48.4. The second-order valence-electron chi connectivity index (χ2n) is 23.7. The van der Waals surface area contributed by atoms with Crippen molar-refractivity contribution in [2.75, 3.05) is 13.2 Å². The number of hydrogen-bond acceptors (Lipinski definition) is 18. The number of aliphatic carboxylic acids is 1. The summed E-state index contributed by atoms with van der Waals surface area (Å²) in [5, 5.41) is 111. The van der Waals surface area contributed by atoms with Gasteiger partial charge in [-0.25, -0.2) is 14.4 Å². The van der Waals surface area contributed by atoms with E-state index >= 15 is 0 Å². The van der Waals surface area contributed by atoms with E-state index < -0.39 is 161 Å². The minimum absolute atomic E-state index is 0.0740. The van der Waals surface area contributed by atoms with Crippen LogP contribution >= 0.6 is 0 Å². The minimum Gasteiger partial charge on any atom is -0.479 e. The zero-order valence-corrected chi connectivity index (χ0v) is 42.9. The predicted octanol–water partition coefficient (Wildman–Crippen LogP) is 1.80. The summed E-state index contributed by atoms with van der Waals surface area (Å²) in [5.41, 5.74) is -3.97. The van der Waals surface area contributed by atoms with E-state index in [4.69, 9.17) is 28.4 Å². The Bertz CT molecular complexity index is 2120. The van der Waals surface area contributed by atoms with Crippen LogP contribution in [0.3, 0.4) is 0 Å². The van der Waals surface area contributed by atoms with Crippen LogP contribution in [0.5, 0.6) is 0 Å². The lowest BCUT2D eigenvalue weighted by atomic mass is 9.32. The van der Waals surface area contributed by atoms with Gasteiger partial charge < -0.3 is 79.5 Å². The highest BCUT2D eigenvalue weighted by molar-refractivity contribution is 5.89. The summed E-state index contributed by atoms with van der Waals surface area (Å²) < 4.78 is 36.5. The Morgan fingerprint density at radius 2 is 1.32 bits per heavy atom. The maximum absolute atomic E-state index is 13.8. The summed E-state index contributed by atoms with van der Waals surface area (Å²) >= 11 is 0. The van der Waals surface area contributed by atoms with E-state index in [1.165, 1.54) is 0 Å². The molecule has 0 aromatic rings. The molecule has 0 spiro atoms. The summed E-state index contributed by atoms with van der Waals surface area (Å²) in [6.07, 6.45) is -15.8. The summed E-state index contributed by atoms with van der Waals surface area (Å²) in [4.78, 5) is 39.6.